The van der Waals surface area contributed by atoms with Crippen LogP contribution >= 0.6 is 0 Å². The summed E-state index contributed by atoms with van der Waals surface area (Å²) >= 11 is 0. The zero-order valence-corrected chi connectivity index (χ0v) is 14.4. The quantitative estimate of drug-likeness (QED) is 0.686. The number of nitrogens with zero attached hydrogens (tertiary/aromatic N) is 7. The van der Waals surface area contributed by atoms with E-state index in [4.69, 9.17) is 11.5 Å². The molecule has 0 aromatic carbocycles. The maximum Gasteiger partial charge on any atom is 0.225 e. The van der Waals surface area contributed by atoms with Gasteiger partial charge in [0.1, 0.15) is 0 Å². The molecule has 0 saturated heterocycles. The number of nitrogens with two attached hydrogens (primary N) is 2. The molecule has 0 unspecified atom stereocenters. The monoisotopic (exact) mass is 331 g/mol. The van der Waals surface area contributed by atoms with Crippen molar-refractivity contribution >= 4 is 23.3 Å². The average molecular weight is 331 g/mol. The van der Waals surface area contributed by atoms with Gasteiger partial charge in [0.05, 0.1) is 36.2 Å². The summed E-state index contributed by atoms with van der Waals surface area (Å²) in [6.45, 7) is 3.42. The Labute approximate surface area is 142 Å². The van der Waals surface area contributed by atoms with Crippen molar-refractivity contribution in [2.75, 3.05) is 68.6 Å². The Morgan fingerprint density at radius 1 is 0.667 bits per heavy atom. The number of rotatable bonds is 8. The van der Waals surface area contributed by atoms with Crippen LogP contribution in [0.15, 0.2) is 24.8 Å². The lowest BCUT2D eigenvalue weighted by atomic mass is 10.4. The topological polar surface area (TPSA) is 113 Å². The van der Waals surface area contributed by atoms with Gasteiger partial charge >= 0.3 is 0 Å². The van der Waals surface area contributed by atoms with E-state index in [0.29, 0.717) is 23.3 Å². The Balaban J connectivity index is 1.73. The molecule has 2 aromatic rings. The number of hydrogen-bond donors (Lipinski definition) is 2. The Morgan fingerprint density at radius 2 is 1.00 bits per heavy atom. The Bertz CT molecular complexity index is 558. The van der Waals surface area contributed by atoms with Gasteiger partial charge in [0.15, 0.2) is 0 Å². The maximum absolute atomic E-state index is 5.60. The molecule has 0 saturated carbocycles. The van der Waals surface area contributed by atoms with Gasteiger partial charge in [-0.05, 0) is 7.05 Å². The summed E-state index contributed by atoms with van der Waals surface area (Å²) in [6, 6.07) is 0. The number of likely N-dealkylation sites (N-methyl/N-ethyl adjacent to an activating group) is 3. The fourth-order valence-corrected chi connectivity index (χ4v) is 2.01. The van der Waals surface area contributed by atoms with Gasteiger partial charge in [0.25, 0.3) is 0 Å². The Hall–Kier alpha value is -2.68. The van der Waals surface area contributed by atoms with Crippen LogP contribution in [0, 0.1) is 0 Å². The molecule has 0 fully saturated rings. The Kier molecular flexibility index (Phi) is 6.07. The molecule has 2 rings (SSSR count). The lowest BCUT2D eigenvalue weighted by molar-refractivity contribution is 0.348. The van der Waals surface area contributed by atoms with Gasteiger partial charge in [0, 0.05) is 40.3 Å². The highest BCUT2D eigenvalue weighted by atomic mass is 15.3. The zero-order chi connectivity index (χ0) is 17.5. The summed E-state index contributed by atoms with van der Waals surface area (Å²) in [6.07, 6.45) is 6.46. The first-order valence-corrected chi connectivity index (χ1v) is 7.71. The van der Waals surface area contributed by atoms with Gasteiger partial charge in [-0.1, -0.05) is 0 Å². The van der Waals surface area contributed by atoms with E-state index in [2.05, 4.69) is 31.9 Å². The second-order valence-electron chi connectivity index (χ2n) is 5.78. The van der Waals surface area contributed by atoms with E-state index < -0.39 is 0 Å². The van der Waals surface area contributed by atoms with E-state index in [0.717, 1.165) is 26.2 Å². The van der Waals surface area contributed by atoms with Crippen molar-refractivity contribution in [3.63, 3.8) is 0 Å². The highest BCUT2D eigenvalue weighted by Crippen LogP contribution is 2.07. The predicted molar refractivity (Wildman–Crippen MR) is 96.9 cm³/mol. The minimum atomic E-state index is 0.567. The molecule has 9 nitrogen and oxygen atoms in total. The molecule has 0 spiro atoms. The van der Waals surface area contributed by atoms with Gasteiger partial charge in [-0.3, -0.25) is 0 Å². The fraction of sp³-hybridized carbons (Fsp3) is 0.467. The van der Waals surface area contributed by atoms with E-state index in [1.54, 1.807) is 24.8 Å². The largest absolute Gasteiger partial charge is 0.396 e. The van der Waals surface area contributed by atoms with Crippen LogP contribution in [0.3, 0.4) is 0 Å². The minimum absolute atomic E-state index is 0.567. The van der Waals surface area contributed by atoms with Crippen molar-refractivity contribution in [1.29, 1.82) is 0 Å². The molecule has 2 heterocycles. The Morgan fingerprint density at radius 3 is 1.33 bits per heavy atom. The van der Waals surface area contributed by atoms with Crippen LogP contribution in [-0.2, 0) is 0 Å². The highest BCUT2D eigenvalue weighted by molar-refractivity contribution is 5.38. The third kappa shape index (κ3) is 5.20. The first-order chi connectivity index (χ1) is 11.5. The van der Waals surface area contributed by atoms with Gasteiger partial charge in [-0.2, -0.15) is 0 Å². The summed E-state index contributed by atoms with van der Waals surface area (Å²) in [5, 5.41) is 0. The van der Waals surface area contributed by atoms with E-state index in [-0.39, 0.29) is 0 Å². The van der Waals surface area contributed by atoms with Crippen molar-refractivity contribution in [1.82, 2.24) is 24.8 Å². The number of anilines is 4. The second-order valence-corrected chi connectivity index (χ2v) is 5.78. The first-order valence-electron chi connectivity index (χ1n) is 7.71. The number of nitrogen functional groups attached to an aromatic ring is 2. The molecular weight excluding hydrogens is 306 g/mol. The minimum Gasteiger partial charge on any atom is -0.396 e. The van der Waals surface area contributed by atoms with Crippen molar-refractivity contribution in [2.24, 2.45) is 0 Å². The maximum atomic E-state index is 5.60. The molecule has 0 bridgehead atoms. The first kappa shape index (κ1) is 17.7. The molecule has 0 amide bonds. The number of aromatic nitrogens is 4. The predicted octanol–water partition coefficient (Wildman–Crippen LogP) is -0.0646. The third-order valence-corrected chi connectivity index (χ3v) is 3.63. The van der Waals surface area contributed by atoms with Crippen molar-refractivity contribution in [3.05, 3.63) is 24.8 Å². The molecule has 9 heteroatoms. The molecule has 2 aromatic heterocycles. The van der Waals surface area contributed by atoms with Crippen LogP contribution in [0.5, 0.6) is 0 Å². The smallest absolute Gasteiger partial charge is 0.225 e. The van der Waals surface area contributed by atoms with E-state index in [1.807, 2.05) is 23.9 Å². The average Bonchev–Trinajstić information content (AvgIpc) is 2.58. The summed E-state index contributed by atoms with van der Waals surface area (Å²) in [4.78, 5) is 23.1. The normalized spacial score (nSPS) is 10.8. The molecular formula is C15H25N9. The summed E-state index contributed by atoms with van der Waals surface area (Å²) in [7, 11) is 6.01. The number of hydrogen-bond acceptors (Lipinski definition) is 9. The lowest BCUT2D eigenvalue weighted by Crippen LogP contribution is -2.36. The molecule has 0 aliphatic rings. The summed E-state index contributed by atoms with van der Waals surface area (Å²) < 4.78 is 0. The fourth-order valence-electron chi connectivity index (χ4n) is 2.01. The van der Waals surface area contributed by atoms with Gasteiger partial charge in [-0.15, -0.1) is 0 Å². The summed E-state index contributed by atoms with van der Waals surface area (Å²) in [5.41, 5.74) is 12.3. The molecule has 0 aliphatic carbocycles. The molecule has 0 atom stereocenters. The van der Waals surface area contributed by atoms with Crippen LogP contribution in [0.2, 0.25) is 0 Å². The van der Waals surface area contributed by atoms with Crippen LogP contribution in [0.25, 0.3) is 0 Å². The molecule has 0 radical (unpaired) electrons. The van der Waals surface area contributed by atoms with E-state index in [1.165, 1.54) is 0 Å². The van der Waals surface area contributed by atoms with Crippen LogP contribution < -0.4 is 21.3 Å². The van der Waals surface area contributed by atoms with E-state index >= 15 is 0 Å². The lowest BCUT2D eigenvalue weighted by Gasteiger charge is -2.24. The highest BCUT2D eigenvalue weighted by Gasteiger charge is 2.08. The van der Waals surface area contributed by atoms with Crippen LogP contribution in [0.4, 0.5) is 23.3 Å². The van der Waals surface area contributed by atoms with Gasteiger partial charge in [0.2, 0.25) is 11.9 Å². The van der Waals surface area contributed by atoms with Crippen molar-refractivity contribution in [2.45, 2.75) is 0 Å². The SMILES string of the molecule is CN(CCN(C)c1ncc(N)cn1)CCN(C)c1ncc(N)cn1. The second kappa shape index (κ2) is 8.25. The standard InChI is InChI=1S/C15H25N9/c1-22(4-6-23(2)14-18-8-12(16)9-19-14)5-7-24(3)15-20-10-13(17)11-21-15/h8-11H,4-7,16-17H2,1-3H3. The molecule has 0 aliphatic heterocycles. The summed E-state index contributed by atoms with van der Waals surface area (Å²) in [5.74, 6) is 1.34. The van der Waals surface area contributed by atoms with Crippen LogP contribution in [0.1, 0.15) is 0 Å². The van der Waals surface area contributed by atoms with Gasteiger partial charge in [-0.25, -0.2) is 19.9 Å². The molecule has 24 heavy (non-hydrogen) atoms. The van der Waals surface area contributed by atoms with Crippen LogP contribution in [-0.4, -0.2) is 72.2 Å². The van der Waals surface area contributed by atoms with Crippen molar-refractivity contribution < 1.29 is 0 Å². The van der Waals surface area contributed by atoms with E-state index in [9.17, 15) is 0 Å². The molecule has 130 valence electrons. The third-order valence-electron chi connectivity index (χ3n) is 3.63. The zero-order valence-electron chi connectivity index (χ0n) is 14.4. The molecule has 4 N–H and O–H groups in total. The van der Waals surface area contributed by atoms with Gasteiger partial charge < -0.3 is 26.2 Å². The van der Waals surface area contributed by atoms with Crippen molar-refractivity contribution in [3.8, 4) is 0 Å².